The van der Waals surface area contributed by atoms with Gasteiger partial charge >= 0.3 is 0 Å². The number of fused-ring (bicyclic) bond motifs is 1. The lowest BCUT2D eigenvalue weighted by molar-refractivity contribution is -0.385. The van der Waals surface area contributed by atoms with E-state index in [0.29, 0.717) is 11.4 Å². The molecule has 20 heavy (non-hydrogen) atoms. The number of hydrogen-bond donors (Lipinski definition) is 0. The Morgan fingerprint density at radius 3 is 2.80 bits per heavy atom. The Kier molecular flexibility index (Phi) is 3.10. The number of ether oxygens (including phenoxy) is 1. The van der Waals surface area contributed by atoms with Crippen molar-refractivity contribution in [3.63, 3.8) is 0 Å². The molecule has 0 aliphatic heterocycles. The van der Waals surface area contributed by atoms with E-state index in [9.17, 15) is 10.1 Å². The fourth-order valence-corrected chi connectivity index (χ4v) is 2.48. The van der Waals surface area contributed by atoms with Crippen molar-refractivity contribution in [2.24, 2.45) is 0 Å². The number of rotatable bonds is 3. The molecule has 1 heterocycles. The molecule has 1 aliphatic rings. The maximum atomic E-state index is 10.7. The molecule has 0 bridgehead atoms. The number of aryl methyl sites for hydroxylation is 3. The predicted octanol–water partition coefficient (Wildman–Crippen LogP) is 3.58. The number of benzene rings is 1. The first-order chi connectivity index (χ1) is 9.63. The first-order valence-corrected chi connectivity index (χ1v) is 6.54. The molecule has 1 aromatic carbocycles. The minimum Gasteiger partial charge on any atom is -0.439 e. The van der Waals surface area contributed by atoms with E-state index in [0.717, 1.165) is 18.6 Å². The van der Waals surface area contributed by atoms with Crippen LogP contribution in [0.15, 0.2) is 30.5 Å². The van der Waals surface area contributed by atoms with Crippen LogP contribution in [0.4, 0.5) is 5.69 Å². The number of nitro groups is 1. The summed E-state index contributed by atoms with van der Waals surface area (Å²) in [7, 11) is 0. The van der Waals surface area contributed by atoms with Gasteiger partial charge in [-0.05, 0) is 49.4 Å². The lowest BCUT2D eigenvalue weighted by atomic mass is 10.1. The Balaban J connectivity index is 1.86. The van der Waals surface area contributed by atoms with Crippen molar-refractivity contribution in [3.05, 3.63) is 57.3 Å². The van der Waals surface area contributed by atoms with Crippen LogP contribution in [-0.4, -0.2) is 9.91 Å². The molecular weight excluding hydrogens is 256 g/mol. The smallest absolute Gasteiger partial charge is 0.288 e. The van der Waals surface area contributed by atoms with Gasteiger partial charge in [-0.2, -0.15) is 0 Å². The van der Waals surface area contributed by atoms with E-state index in [4.69, 9.17) is 4.74 Å². The van der Waals surface area contributed by atoms with Crippen LogP contribution in [-0.2, 0) is 12.8 Å². The highest BCUT2D eigenvalue weighted by Crippen LogP contribution is 2.30. The van der Waals surface area contributed by atoms with E-state index in [1.807, 2.05) is 12.1 Å². The third-order valence-electron chi connectivity index (χ3n) is 3.51. The van der Waals surface area contributed by atoms with Crippen LogP contribution in [0, 0.1) is 17.0 Å². The number of nitrogens with zero attached hydrogens (tertiary/aromatic N) is 2. The Morgan fingerprint density at radius 1 is 1.25 bits per heavy atom. The average molecular weight is 270 g/mol. The van der Waals surface area contributed by atoms with E-state index in [1.54, 1.807) is 6.92 Å². The molecule has 1 aromatic heterocycles. The molecule has 0 radical (unpaired) electrons. The highest BCUT2D eigenvalue weighted by atomic mass is 16.6. The second-order valence-electron chi connectivity index (χ2n) is 4.96. The summed E-state index contributed by atoms with van der Waals surface area (Å²) < 4.78 is 5.74. The van der Waals surface area contributed by atoms with Crippen molar-refractivity contribution < 1.29 is 9.66 Å². The zero-order valence-electron chi connectivity index (χ0n) is 11.1. The Labute approximate surface area is 116 Å². The SMILES string of the molecule is Cc1cc([N+](=O)[O-])cnc1Oc1ccc2c(c1)CCC2. The van der Waals surface area contributed by atoms with Gasteiger partial charge in [-0.25, -0.2) is 4.98 Å². The average Bonchev–Trinajstić information content (AvgIpc) is 2.88. The molecule has 0 amide bonds. The molecule has 5 nitrogen and oxygen atoms in total. The minimum absolute atomic E-state index is 0.0243. The monoisotopic (exact) mass is 270 g/mol. The zero-order valence-corrected chi connectivity index (χ0v) is 11.1. The summed E-state index contributed by atoms with van der Waals surface area (Å²) in [5.41, 5.74) is 3.33. The highest BCUT2D eigenvalue weighted by Gasteiger charge is 2.14. The lowest BCUT2D eigenvalue weighted by Crippen LogP contribution is -1.95. The van der Waals surface area contributed by atoms with Crippen LogP contribution in [0.3, 0.4) is 0 Å². The Bertz CT molecular complexity index is 683. The second-order valence-corrected chi connectivity index (χ2v) is 4.96. The van der Waals surface area contributed by atoms with E-state index in [1.165, 1.54) is 29.8 Å². The van der Waals surface area contributed by atoms with Gasteiger partial charge < -0.3 is 4.74 Å². The zero-order chi connectivity index (χ0) is 14.1. The fourth-order valence-electron chi connectivity index (χ4n) is 2.48. The molecule has 0 atom stereocenters. The van der Waals surface area contributed by atoms with Crippen molar-refractivity contribution in [2.75, 3.05) is 0 Å². The maximum absolute atomic E-state index is 10.7. The quantitative estimate of drug-likeness (QED) is 0.631. The van der Waals surface area contributed by atoms with Crippen LogP contribution >= 0.6 is 0 Å². The van der Waals surface area contributed by atoms with Crippen LogP contribution < -0.4 is 4.74 Å². The normalized spacial score (nSPS) is 13.1. The summed E-state index contributed by atoms with van der Waals surface area (Å²) in [6.45, 7) is 1.75. The van der Waals surface area contributed by atoms with Crippen LogP contribution in [0.25, 0.3) is 0 Å². The third-order valence-corrected chi connectivity index (χ3v) is 3.51. The first-order valence-electron chi connectivity index (χ1n) is 6.54. The summed E-state index contributed by atoms with van der Waals surface area (Å²) in [5, 5.41) is 10.7. The summed E-state index contributed by atoms with van der Waals surface area (Å²) in [5.74, 6) is 1.14. The van der Waals surface area contributed by atoms with E-state index >= 15 is 0 Å². The first kappa shape index (κ1) is 12.6. The molecule has 1 aliphatic carbocycles. The van der Waals surface area contributed by atoms with Gasteiger partial charge in [-0.1, -0.05) is 6.07 Å². The van der Waals surface area contributed by atoms with Crippen molar-refractivity contribution in [1.82, 2.24) is 4.98 Å². The van der Waals surface area contributed by atoms with Gasteiger partial charge in [0.25, 0.3) is 5.69 Å². The van der Waals surface area contributed by atoms with Gasteiger partial charge in [0.15, 0.2) is 0 Å². The van der Waals surface area contributed by atoms with Gasteiger partial charge in [-0.15, -0.1) is 0 Å². The molecule has 2 aromatic rings. The van der Waals surface area contributed by atoms with E-state index in [2.05, 4.69) is 11.1 Å². The Hall–Kier alpha value is -2.43. The largest absolute Gasteiger partial charge is 0.439 e. The topological polar surface area (TPSA) is 65.3 Å². The third kappa shape index (κ3) is 2.34. The van der Waals surface area contributed by atoms with E-state index in [-0.39, 0.29) is 5.69 Å². The summed E-state index contributed by atoms with van der Waals surface area (Å²) >= 11 is 0. The number of aromatic nitrogens is 1. The van der Waals surface area contributed by atoms with Crippen molar-refractivity contribution in [2.45, 2.75) is 26.2 Å². The molecular formula is C15H14N2O3. The highest BCUT2D eigenvalue weighted by molar-refractivity contribution is 5.42. The van der Waals surface area contributed by atoms with Gasteiger partial charge in [0.1, 0.15) is 11.9 Å². The molecule has 0 unspecified atom stereocenters. The molecule has 5 heteroatoms. The van der Waals surface area contributed by atoms with Crippen LogP contribution in [0.5, 0.6) is 11.6 Å². The van der Waals surface area contributed by atoms with Crippen LogP contribution in [0.1, 0.15) is 23.1 Å². The molecule has 0 saturated carbocycles. The van der Waals surface area contributed by atoms with Crippen molar-refractivity contribution in [1.29, 1.82) is 0 Å². The molecule has 3 rings (SSSR count). The lowest BCUT2D eigenvalue weighted by Gasteiger charge is -2.08. The summed E-state index contributed by atoms with van der Waals surface area (Å²) in [4.78, 5) is 14.2. The van der Waals surface area contributed by atoms with Gasteiger partial charge in [0, 0.05) is 11.6 Å². The van der Waals surface area contributed by atoms with Gasteiger partial charge in [-0.3, -0.25) is 10.1 Å². The summed E-state index contributed by atoms with van der Waals surface area (Å²) in [6, 6.07) is 7.51. The summed E-state index contributed by atoms with van der Waals surface area (Å²) in [6.07, 6.45) is 4.62. The molecule has 0 spiro atoms. The number of hydrogen-bond acceptors (Lipinski definition) is 4. The molecule has 0 fully saturated rings. The second kappa shape index (κ2) is 4.92. The van der Waals surface area contributed by atoms with Gasteiger partial charge in [0.2, 0.25) is 5.88 Å². The molecule has 0 saturated heterocycles. The van der Waals surface area contributed by atoms with Gasteiger partial charge in [0.05, 0.1) is 4.92 Å². The predicted molar refractivity (Wildman–Crippen MR) is 74.2 cm³/mol. The Morgan fingerprint density at radius 2 is 2.05 bits per heavy atom. The minimum atomic E-state index is -0.459. The van der Waals surface area contributed by atoms with Crippen molar-refractivity contribution in [3.8, 4) is 11.6 Å². The van der Waals surface area contributed by atoms with Crippen LogP contribution in [0.2, 0.25) is 0 Å². The standard InChI is InChI=1S/C15H14N2O3/c1-10-7-13(17(18)19)9-16-15(10)20-14-6-5-11-3-2-4-12(11)8-14/h5-9H,2-4H2,1H3. The molecule has 0 N–H and O–H groups in total. The number of pyridine rings is 1. The fraction of sp³-hybridized carbons (Fsp3) is 0.267. The maximum Gasteiger partial charge on any atom is 0.288 e. The van der Waals surface area contributed by atoms with E-state index < -0.39 is 4.92 Å². The van der Waals surface area contributed by atoms with Crippen molar-refractivity contribution >= 4 is 5.69 Å². The molecule has 102 valence electrons.